The summed E-state index contributed by atoms with van der Waals surface area (Å²) < 4.78 is 6.09. The molecule has 0 fully saturated rings. The molecule has 1 aromatic carbocycles. The van der Waals surface area contributed by atoms with Crippen LogP contribution in [0.4, 0.5) is 5.82 Å². The standard InChI is InChI=1S/C12H12ClN3O2/c1-7-3-4-8(13)5-10(7)16-11(14)9(6-15-16)12(17)18-2/h3-6H,14H2,1-2H3. The van der Waals surface area contributed by atoms with E-state index >= 15 is 0 Å². The molecule has 0 aliphatic carbocycles. The number of nitrogen functional groups attached to an aromatic ring is 1. The number of carbonyl (C=O) groups excluding carboxylic acids is 1. The van der Waals surface area contributed by atoms with Crippen molar-refractivity contribution >= 4 is 23.4 Å². The van der Waals surface area contributed by atoms with Gasteiger partial charge in [-0.15, -0.1) is 0 Å². The van der Waals surface area contributed by atoms with Crippen LogP contribution in [0.3, 0.4) is 0 Å². The molecule has 0 spiro atoms. The van der Waals surface area contributed by atoms with Gasteiger partial charge in [0.05, 0.1) is 19.0 Å². The summed E-state index contributed by atoms with van der Waals surface area (Å²) in [6.07, 6.45) is 1.38. The zero-order valence-electron chi connectivity index (χ0n) is 9.98. The molecule has 18 heavy (non-hydrogen) atoms. The van der Waals surface area contributed by atoms with Gasteiger partial charge in [-0.3, -0.25) is 0 Å². The van der Waals surface area contributed by atoms with Crippen LogP contribution in [-0.2, 0) is 4.74 Å². The molecule has 0 aliphatic heterocycles. The Bertz CT molecular complexity index is 607. The van der Waals surface area contributed by atoms with E-state index in [9.17, 15) is 4.79 Å². The molecular formula is C12H12ClN3O2. The first kappa shape index (κ1) is 12.4. The minimum absolute atomic E-state index is 0.229. The predicted octanol–water partition coefficient (Wildman–Crippen LogP) is 2.20. The number of hydrogen-bond acceptors (Lipinski definition) is 4. The fourth-order valence-corrected chi connectivity index (χ4v) is 1.79. The van der Waals surface area contributed by atoms with Gasteiger partial charge < -0.3 is 10.5 Å². The Kier molecular flexibility index (Phi) is 3.25. The number of methoxy groups -OCH3 is 1. The highest BCUT2D eigenvalue weighted by atomic mass is 35.5. The number of anilines is 1. The van der Waals surface area contributed by atoms with E-state index in [4.69, 9.17) is 17.3 Å². The Morgan fingerprint density at radius 1 is 1.50 bits per heavy atom. The van der Waals surface area contributed by atoms with Crippen molar-refractivity contribution in [2.24, 2.45) is 0 Å². The molecule has 0 aliphatic rings. The minimum atomic E-state index is -0.515. The third-order valence-electron chi connectivity index (χ3n) is 2.61. The van der Waals surface area contributed by atoms with E-state index in [0.717, 1.165) is 11.3 Å². The zero-order valence-corrected chi connectivity index (χ0v) is 10.7. The normalized spacial score (nSPS) is 10.4. The molecule has 1 aromatic heterocycles. The maximum Gasteiger partial charge on any atom is 0.343 e. The van der Waals surface area contributed by atoms with Crippen LogP contribution in [0.1, 0.15) is 15.9 Å². The molecule has 0 saturated carbocycles. The van der Waals surface area contributed by atoms with E-state index in [1.165, 1.54) is 18.0 Å². The highest BCUT2D eigenvalue weighted by Gasteiger charge is 2.17. The second-order valence-electron chi connectivity index (χ2n) is 3.78. The maximum atomic E-state index is 11.4. The Labute approximate surface area is 109 Å². The van der Waals surface area contributed by atoms with Crippen molar-refractivity contribution in [1.29, 1.82) is 0 Å². The van der Waals surface area contributed by atoms with Crippen LogP contribution < -0.4 is 5.73 Å². The molecule has 0 radical (unpaired) electrons. The number of ether oxygens (including phenoxy) is 1. The first-order valence-electron chi connectivity index (χ1n) is 5.23. The van der Waals surface area contributed by atoms with E-state index in [2.05, 4.69) is 9.84 Å². The van der Waals surface area contributed by atoms with Gasteiger partial charge in [0.15, 0.2) is 0 Å². The van der Waals surface area contributed by atoms with E-state index in [-0.39, 0.29) is 11.4 Å². The van der Waals surface area contributed by atoms with Crippen molar-refractivity contribution in [1.82, 2.24) is 9.78 Å². The van der Waals surface area contributed by atoms with Crippen LogP contribution >= 0.6 is 11.6 Å². The molecule has 2 aromatic rings. The number of rotatable bonds is 2. The fraction of sp³-hybridized carbons (Fsp3) is 0.167. The first-order chi connectivity index (χ1) is 8.54. The SMILES string of the molecule is COC(=O)c1cnn(-c2cc(Cl)ccc2C)c1N. The van der Waals surface area contributed by atoms with Gasteiger partial charge in [-0.25, -0.2) is 9.48 Å². The molecule has 0 amide bonds. The Balaban J connectivity index is 2.55. The molecule has 0 atom stereocenters. The lowest BCUT2D eigenvalue weighted by atomic mass is 10.2. The number of aromatic nitrogens is 2. The molecule has 2 rings (SSSR count). The monoisotopic (exact) mass is 265 g/mol. The highest BCUT2D eigenvalue weighted by molar-refractivity contribution is 6.30. The average Bonchev–Trinajstić information content (AvgIpc) is 2.73. The Hall–Kier alpha value is -2.01. The van der Waals surface area contributed by atoms with Crippen LogP contribution in [0.5, 0.6) is 0 Å². The van der Waals surface area contributed by atoms with E-state index < -0.39 is 5.97 Å². The van der Waals surface area contributed by atoms with E-state index in [1.807, 2.05) is 13.0 Å². The Morgan fingerprint density at radius 3 is 2.89 bits per heavy atom. The predicted molar refractivity (Wildman–Crippen MR) is 69.1 cm³/mol. The molecule has 0 unspecified atom stereocenters. The number of nitrogens with zero attached hydrogens (tertiary/aromatic N) is 2. The van der Waals surface area contributed by atoms with Gasteiger partial charge in [0.1, 0.15) is 11.4 Å². The van der Waals surface area contributed by atoms with Crippen molar-refractivity contribution in [3.8, 4) is 5.69 Å². The lowest BCUT2D eigenvalue weighted by Gasteiger charge is -2.08. The summed E-state index contributed by atoms with van der Waals surface area (Å²) in [5.74, 6) is -0.286. The summed E-state index contributed by atoms with van der Waals surface area (Å²) in [6.45, 7) is 1.91. The van der Waals surface area contributed by atoms with Crippen LogP contribution in [0, 0.1) is 6.92 Å². The summed E-state index contributed by atoms with van der Waals surface area (Å²) in [5.41, 5.74) is 7.80. The van der Waals surface area contributed by atoms with Gasteiger partial charge in [-0.1, -0.05) is 17.7 Å². The zero-order chi connectivity index (χ0) is 13.3. The van der Waals surface area contributed by atoms with Gasteiger partial charge in [-0.05, 0) is 24.6 Å². The number of benzene rings is 1. The fourth-order valence-electron chi connectivity index (χ4n) is 1.63. The van der Waals surface area contributed by atoms with Gasteiger partial charge in [0.25, 0.3) is 0 Å². The molecule has 1 heterocycles. The number of hydrogen-bond donors (Lipinski definition) is 1. The van der Waals surface area contributed by atoms with E-state index in [0.29, 0.717) is 5.02 Å². The number of esters is 1. The van der Waals surface area contributed by atoms with Crippen LogP contribution in [0.15, 0.2) is 24.4 Å². The lowest BCUT2D eigenvalue weighted by molar-refractivity contribution is 0.0602. The summed E-state index contributed by atoms with van der Waals surface area (Å²) in [6, 6.07) is 5.37. The molecule has 0 saturated heterocycles. The summed E-state index contributed by atoms with van der Waals surface area (Å²) in [5, 5.41) is 4.66. The topological polar surface area (TPSA) is 70.1 Å². The second kappa shape index (κ2) is 4.70. The van der Waals surface area contributed by atoms with Crippen LogP contribution in [0.2, 0.25) is 5.02 Å². The second-order valence-corrected chi connectivity index (χ2v) is 4.21. The van der Waals surface area contributed by atoms with Crippen molar-refractivity contribution < 1.29 is 9.53 Å². The summed E-state index contributed by atoms with van der Waals surface area (Å²) in [4.78, 5) is 11.4. The van der Waals surface area contributed by atoms with Crippen molar-refractivity contribution in [2.45, 2.75) is 6.92 Å². The van der Waals surface area contributed by atoms with Gasteiger partial charge in [0.2, 0.25) is 0 Å². The van der Waals surface area contributed by atoms with Gasteiger partial charge in [-0.2, -0.15) is 5.10 Å². The van der Waals surface area contributed by atoms with Crippen molar-refractivity contribution in [3.63, 3.8) is 0 Å². The average molecular weight is 266 g/mol. The molecular weight excluding hydrogens is 254 g/mol. The minimum Gasteiger partial charge on any atom is -0.465 e. The van der Waals surface area contributed by atoms with Crippen LogP contribution in [-0.4, -0.2) is 22.9 Å². The molecule has 6 heteroatoms. The van der Waals surface area contributed by atoms with Crippen LogP contribution in [0.25, 0.3) is 5.69 Å². The molecule has 94 valence electrons. The quantitative estimate of drug-likeness (QED) is 0.845. The summed E-state index contributed by atoms with van der Waals surface area (Å²) in [7, 11) is 1.30. The largest absolute Gasteiger partial charge is 0.465 e. The molecule has 0 bridgehead atoms. The maximum absolute atomic E-state index is 11.4. The Morgan fingerprint density at radius 2 is 2.22 bits per heavy atom. The molecule has 2 N–H and O–H groups in total. The van der Waals surface area contributed by atoms with Gasteiger partial charge >= 0.3 is 5.97 Å². The van der Waals surface area contributed by atoms with Crippen molar-refractivity contribution in [2.75, 3.05) is 12.8 Å². The number of carbonyl (C=O) groups is 1. The summed E-state index contributed by atoms with van der Waals surface area (Å²) >= 11 is 5.94. The third-order valence-corrected chi connectivity index (χ3v) is 2.85. The van der Waals surface area contributed by atoms with E-state index in [1.54, 1.807) is 12.1 Å². The number of aryl methyl sites for hydroxylation is 1. The third kappa shape index (κ3) is 2.04. The first-order valence-corrected chi connectivity index (χ1v) is 5.60. The molecule has 5 nitrogen and oxygen atoms in total. The van der Waals surface area contributed by atoms with Gasteiger partial charge in [0, 0.05) is 5.02 Å². The number of nitrogens with two attached hydrogens (primary N) is 1. The smallest absolute Gasteiger partial charge is 0.343 e. The van der Waals surface area contributed by atoms with Crippen molar-refractivity contribution in [3.05, 3.63) is 40.5 Å². The lowest BCUT2D eigenvalue weighted by Crippen LogP contribution is -2.08. The highest BCUT2D eigenvalue weighted by Crippen LogP contribution is 2.23. The number of halogens is 1.